The predicted molar refractivity (Wildman–Crippen MR) is 152 cm³/mol. The Labute approximate surface area is 234 Å². The fraction of sp³-hybridized carbons (Fsp3) is 0.367. The van der Waals surface area contributed by atoms with E-state index in [9.17, 15) is 14.9 Å². The maximum Gasteiger partial charge on any atom is 0.269 e. The summed E-state index contributed by atoms with van der Waals surface area (Å²) in [7, 11) is 6.40. The van der Waals surface area contributed by atoms with Crippen LogP contribution in [0.2, 0.25) is 0 Å². The first kappa shape index (κ1) is 28.7. The molecule has 1 aliphatic heterocycles. The molecule has 10 nitrogen and oxygen atoms in total. The quantitative estimate of drug-likeness (QED) is 0.249. The standard InChI is InChI=1S/C30H35N3O7/c1-37-26-11-10-25(20-29(26)40-4)32(30(34)21-6-8-24(9-7-21)33(35)36)15-5-14-31-16-12-22-18-27(38-2)28(39-3)19-23(22)13-17-31/h6-11,18-20H,5,12-17H2,1-4H3. The lowest BCUT2D eigenvalue weighted by Crippen LogP contribution is -2.35. The lowest BCUT2D eigenvalue weighted by Gasteiger charge is -2.26. The number of nitro benzene ring substituents is 1. The van der Waals surface area contributed by atoms with Gasteiger partial charge >= 0.3 is 0 Å². The van der Waals surface area contributed by atoms with E-state index in [2.05, 4.69) is 17.0 Å². The van der Waals surface area contributed by atoms with Crippen molar-refractivity contribution in [3.8, 4) is 23.0 Å². The third-order valence-electron chi connectivity index (χ3n) is 7.21. The highest BCUT2D eigenvalue weighted by molar-refractivity contribution is 6.06. The van der Waals surface area contributed by atoms with Gasteiger partial charge in [0, 0.05) is 49.1 Å². The second-order valence-electron chi connectivity index (χ2n) is 9.47. The molecule has 0 bridgehead atoms. The van der Waals surface area contributed by atoms with Crippen LogP contribution in [0.15, 0.2) is 54.6 Å². The lowest BCUT2D eigenvalue weighted by atomic mass is 10.0. The molecule has 0 fully saturated rings. The number of anilines is 1. The summed E-state index contributed by atoms with van der Waals surface area (Å²) in [6.45, 7) is 3.06. The molecule has 1 heterocycles. The van der Waals surface area contributed by atoms with E-state index < -0.39 is 4.92 Å². The lowest BCUT2D eigenvalue weighted by molar-refractivity contribution is -0.384. The fourth-order valence-electron chi connectivity index (χ4n) is 5.00. The van der Waals surface area contributed by atoms with Crippen molar-refractivity contribution in [2.75, 3.05) is 59.5 Å². The van der Waals surface area contributed by atoms with Gasteiger partial charge in [0.15, 0.2) is 23.0 Å². The zero-order chi connectivity index (χ0) is 28.6. The second kappa shape index (κ2) is 13.2. The van der Waals surface area contributed by atoms with Gasteiger partial charge in [0.1, 0.15) is 0 Å². The van der Waals surface area contributed by atoms with E-state index in [0.29, 0.717) is 29.3 Å². The Hall–Kier alpha value is -4.31. The van der Waals surface area contributed by atoms with E-state index in [1.54, 1.807) is 45.5 Å². The van der Waals surface area contributed by atoms with E-state index in [1.807, 2.05) is 6.07 Å². The minimum Gasteiger partial charge on any atom is -0.493 e. The Morgan fingerprint density at radius 1 is 0.825 bits per heavy atom. The number of nitro groups is 1. The summed E-state index contributed by atoms with van der Waals surface area (Å²) in [6.07, 6.45) is 2.53. The minimum atomic E-state index is -0.480. The van der Waals surface area contributed by atoms with Gasteiger partial charge in [0.05, 0.1) is 33.4 Å². The van der Waals surface area contributed by atoms with Crippen molar-refractivity contribution >= 4 is 17.3 Å². The molecule has 1 amide bonds. The Kier molecular flexibility index (Phi) is 9.44. The van der Waals surface area contributed by atoms with E-state index >= 15 is 0 Å². The zero-order valence-electron chi connectivity index (χ0n) is 23.3. The maximum absolute atomic E-state index is 13.6. The number of carbonyl (C=O) groups is 1. The normalized spacial score (nSPS) is 13.1. The van der Waals surface area contributed by atoms with Crippen molar-refractivity contribution in [2.24, 2.45) is 0 Å². The van der Waals surface area contributed by atoms with Gasteiger partial charge in [-0.3, -0.25) is 14.9 Å². The average molecular weight is 550 g/mol. The molecule has 0 aromatic heterocycles. The molecule has 0 atom stereocenters. The molecule has 40 heavy (non-hydrogen) atoms. The predicted octanol–water partition coefficient (Wildman–Crippen LogP) is 4.77. The molecule has 0 saturated heterocycles. The number of rotatable bonds is 11. The summed E-state index contributed by atoms with van der Waals surface area (Å²) < 4.78 is 21.8. The first-order chi connectivity index (χ1) is 19.4. The van der Waals surface area contributed by atoms with Crippen molar-refractivity contribution in [1.29, 1.82) is 0 Å². The number of hydrogen-bond donors (Lipinski definition) is 0. The molecule has 3 aromatic carbocycles. The van der Waals surface area contributed by atoms with E-state index in [1.165, 1.54) is 35.4 Å². The third kappa shape index (κ3) is 6.45. The average Bonchev–Trinajstić information content (AvgIpc) is 3.19. The molecule has 1 aliphatic rings. The number of carbonyl (C=O) groups excluding carboxylic acids is 1. The van der Waals surface area contributed by atoms with Gasteiger partial charge in [-0.25, -0.2) is 0 Å². The third-order valence-corrected chi connectivity index (χ3v) is 7.21. The van der Waals surface area contributed by atoms with Crippen LogP contribution in [0.1, 0.15) is 27.9 Å². The van der Waals surface area contributed by atoms with Crippen LogP contribution in [0.25, 0.3) is 0 Å². The van der Waals surface area contributed by atoms with Gasteiger partial charge in [-0.2, -0.15) is 0 Å². The zero-order valence-corrected chi connectivity index (χ0v) is 23.3. The molecular formula is C30H35N3O7. The summed E-state index contributed by atoms with van der Waals surface area (Å²) in [5.74, 6) is 2.31. The number of ether oxygens (including phenoxy) is 4. The molecule has 0 unspecified atom stereocenters. The Balaban J connectivity index is 1.49. The van der Waals surface area contributed by atoms with Gasteiger partial charge in [-0.05, 0) is 73.3 Å². The van der Waals surface area contributed by atoms with Gasteiger partial charge in [0.25, 0.3) is 11.6 Å². The van der Waals surface area contributed by atoms with Crippen LogP contribution in [-0.2, 0) is 12.8 Å². The number of benzene rings is 3. The molecule has 212 valence electrons. The van der Waals surface area contributed by atoms with Crippen molar-refractivity contribution in [2.45, 2.75) is 19.3 Å². The highest BCUT2D eigenvalue weighted by atomic mass is 16.6. The van der Waals surface area contributed by atoms with Crippen molar-refractivity contribution < 1.29 is 28.7 Å². The van der Waals surface area contributed by atoms with Crippen LogP contribution in [0.4, 0.5) is 11.4 Å². The molecule has 0 aliphatic carbocycles. The molecule has 3 aromatic rings. The van der Waals surface area contributed by atoms with E-state index in [0.717, 1.165) is 50.4 Å². The SMILES string of the molecule is COc1ccc(N(CCCN2CCc3cc(OC)c(OC)cc3CC2)C(=O)c2ccc([N+](=O)[O-])cc2)cc1OC. The van der Waals surface area contributed by atoms with Crippen LogP contribution in [0, 0.1) is 10.1 Å². The Morgan fingerprint density at radius 2 is 1.38 bits per heavy atom. The number of hydrogen-bond acceptors (Lipinski definition) is 8. The molecule has 0 saturated carbocycles. The van der Waals surface area contributed by atoms with Crippen molar-refractivity contribution in [3.05, 3.63) is 81.4 Å². The monoisotopic (exact) mass is 549 g/mol. The highest BCUT2D eigenvalue weighted by Gasteiger charge is 2.22. The topological polar surface area (TPSA) is 104 Å². The van der Waals surface area contributed by atoms with Gasteiger partial charge < -0.3 is 28.7 Å². The maximum atomic E-state index is 13.6. The molecule has 0 radical (unpaired) electrons. The fourth-order valence-corrected chi connectivity index (χ4v) is 5.00. The summed E-state index contributed by atoms with van der Waals surface area (Å²) in [5, 5.41) is 11.1. The highest BCUT2D eigenvalue weighted by Crippen LogP contribution is 2.33. The number of non-ortho nitro benzene ring substituents is 1. The first-order valence-corrected chi connectivity index (χ1v) is 13.1. The number of methoxy groups -OCH3 is 4. The smallest absolute Gasteiger partial charge is 0.269 e. The van der Waals surface area contributed by atoms with Crippen LogP contribution < -0.4 is 23.8 Å². The van der Waals surface area contributed by atoms with Crippen molar-refractivity contribution in [1.82, 2.24) is 4.90 Å². The summed E-state index contributed by atoms with van der Waals surface area (Å²) in [6, 6.07) is 15.2. The summed E-state index contributed by atoms with van der Waals surface area (Å²) >= 11 is 0. The van der Waals surface area contributed by atoms with Crippen LogP contribution in [-0.4, -0.2) is 70.3 Å². The van der Waals surface area contributed by atoms with Crippen LogP contribution in [0.5, 0.6) is 23.0 Å². The summed E-state index contributed by atoms with van der Waals surface area (Å²) in [5.41, 5.74) is 3.49. The van der Waals surface area contributed by atoms with Crippen molar-refractivity contribution in [3.63, 3.8) is 0 Å². The first-order valence-electron chi connectivity index (χ1n) is 13.1. The number of nitrogens with zero attached hydrogens (tertiary/aromatic N) is 3. The summed E-state index contributed by atoms with van der Waals surface area (Å²) in [4.78, 5) is 28.3. The van der Waals surface area contributed by atoms with E-state index in [4.69, 9.17) is 18.9 Å². The second-order valence-corrected chi connectivity index (χ2v) is 9.47. The number of fused-ring (bicyclic) bond motifs is 1. The molecule has 10 heteroatoms. The van der Waals surface area contributed by atoms with E-state index in [-0.39, 0.29) is 11.6 Å². The molecule has 0 N–H and O–H groups in total. The Morgan fingerprint density at radius 3 is 1.90 bits per heavy atom. The molecular weight excluding hydrogens is 514 g/mol. The largest absolute Gasteiger partial charge is 0.493 e. The molecule has 4 rings (SSSR count). The minimum absolute atomic E-state index is 0.0633. The van der Waals surface area contributed by atoms with Gasteiger partial charge in [0.2, 0.25) is 0 Å². The van der Waals surface area contributed by atoms with Gasteiger partial charge in [-0.15, -0.1) is 0 Å². The Bertz CT molecular complexity index is 1310. The van der Waals surface area contributed by atoms with Crippen LogP contribution >= 0.6 is 0 Å². The van der Waals surface area contributed by atoms with Gasteiger partial charge in [-0.1, -0.05) is 0 Å². The van der Waals surface area contributed by atoms with Crippen LogP contribution in [0.3, 0.4) is 0 Å². The molecule has 0 spiro atoms. The number of amides is 1.